The van der Waals surface area contributed by atoms with Crippen LogP contribution < -0.4 is 16.0 Å². The van der Waals surface area contributed by atoms with Gasteiger partial charge in [0.1, 0.15) is 5.82 Å². The third kappa shape index (κ3) is 7.15. The monoisotopic (exact) mass is 431 g/mol. The van der Waals surface area contributed by atoms with Gasteiger partial charge in [-0.2, -0.15) is 0 Å². The molecule has 0 saturated heterocycles. The van der Waals surface area contributed by atoms with Crippen LogP contribution in [0.15, 0.2) is 23.3 Å². The molecular formula is C16H26IN5O. The van der Waals surface area contributed by atoms with Crippen LogP contribution in [0, 0.1) is 12.8 Å². The summed E-state index contributed by atoms with van der Waals surface area (Å²) in [7, 11) is 0. The molecule has 0 radical (unpaired) electrons. The molecule has 2 unspecified atom stereocenters. The number of aryl methyl sites for hydroxylation is 1. The van der Waals surface area contributed by atoms with E-state index >= 15 is 0 Å². The van der Waals surface area contributed by atoms with Gasteiger partial charge in [0.05, 0.1) is 6.54 Å². The molecule has 23 heavy (non-hydrogen) atoms. The molecule has 1 amide bonds. The lowest BCUT2D eigenvalue weighted by Gasteiger charge is -2.10. The second-order valence-corrected chi connectivity index (χ2v) is 5.74. The lowest BCUT2D eigenvalue weighted by atomic mass is 10.3. The highest BCUT2D eigenvalue weighted by Crippen LogP contribution is 2.28. The molecule has 0 bridgehead atoms. The van der Waals surface area contributed by atoms with E-state index in [0.29, 0.717) is 30.7 Å². The topological polar surface area (TPSA) is 78.4 Å². The molecule has 7 heteroatoms. The van der Waals surface area contributed by atoms with Crippen LogP contribution in [0.2, 0.25) is 0 Å². The van der Waals surface area contributed by atoms with Crippen LogP contribution in [0.1, 0.15) is 32.3 Å². The van der Waals surface area contributed by atoms with Crippen LogP contribution >= 0.6 is 24.0 Å². The normalized spacial score (nSPS) is 19.5. The predicted octanol–water partition coefficient (Wildman–Crippen LogP) is 2.30. The summed E-state index contributed by atoms with van der Waals surface area (Å²) in [5.41, 5.74) is 1.07. The van der Waals surface area contributed by atoms with Gasteiger partial charge in [-0.15, -0.1) is 24.0 Å². The van der Waals surface area contributed by atoms with Gasteiger partial charge in [0.25, 0.3) is 0 Å². The first kappa shape index (κ1) is 19.7. The minimum absolute atomic E-state index is 0. The molecule has 1 fully saturated rings. The van der Waals surface area contributed by atoms with Crippen LogP contribution in [0.5, 0.6) is 0 Å². The largest absolute Gasteiger partial charge is 0.357 e. The maximum absolute atomic E-state index is 11.9. The molecule has 6 nitrogen and oxygen atoms in total. The Morgan fingerprint density at radius 2 is 2.17 bits per heavy atom. The summed E-state index contributed by atoms with van der Waals surface area (Å²) in [6.45, 7) is 7.47. The lowest BCUT2D eigenvalue weighted by molar-refractivity contribution is -0.116. The fourth-order valence-corrected chi connectivity index (χ4v) is 2.04. The number of nitrogens with zero attached hydrogens (tertiary/aromatic N) is 2. The van der Waals surface area contributed by atoms with E-state index in [1.807, 2.05) is 19.9 Å². The van der Waals surface area contributed by atoms with Crippen molar-refractivity contribution in [1.82, 2.24) is 15.6 Å². The van der Waals surface area contributed by atoms with Gasteiger partial charge in [0.15, 0.2) is 5.96 Å². The van der Waals surface area contributed by atoms with E-state index in [4.69, 9.17) is 0 Å². The number of anilines is 1. The maximum Gasteiger partial charge on any atom is 0.227 e. The van der Waals surface area contributed by atoms with Crippen molar-refractivity contribution < 1.29 is 4.79 Å². The highest BCUT2D eigenvalue weighted by molar-refractivity contribution is 14.0. The number of halogens is 1. The average molecular weight is 431 g/mol. The zero-order chi connectivity index (χ0) is 15.9. The number of pyridine rings is 1. The summed E-state index contributed by atoms with van der Waals surface area (Å²) in [6.07, 6.45) is 3.26. The van der Waals surface area contributed by atoms with E-state index in [0.717, 1.165) is 18.1 Å². The van der Waals surface area contributed by atoms with Crippen molar-refractivity contribution in [3.63, 3.8) is 0 Å². The molecule has 1 heterocycles. The first-order chi connectivity index (χ1) is 10.6. The lowest BCUT2D eigenvalue weighted by Crippen LogP contribution is -2.39. The highest BCUT2D eigenvalue weighted by atomic mass is 127. The Balaban J connectivity index is 0.00000264. The van der Waals surface area contributed by atoms with E-state index in [1.165, 1.54) is 6.42 Å². The molecule has 1 aliphatic rings. The first-order valence-corrected chi connectivity index (χ1v) is 7.86. The Bertz CT molecular complexity index is 532. The molecule has 0 aliphatic heterocycles. The van der Waals surface area contributed by atoms with E-state index < -0.39 is 0 Å². The van der Waals surface area contributed by atoms with Gasteiger partial charge in [0, 0.05) is 25.2 Å². The van der Waals surface area contributed by atoms with Gasteiger partial charge in [-0.05, 0) is 37.8 Å². The number of hydrogen-bond donors (Lipinski definition) is 3. The molecule has 1 aromatic rings. The van der Waals surface area contributed by atoms with Crippen molar-refractivity contribution in [3.05, 3.63) is 23.9 Å². The molecule has 1 aromatic heterocycles. The van der Waals surface area contributed by atoms with E-state index in [-0.39, 0.29) is 29.9 Å². The van der Waals surface area contributed by atoms with Crippen molar-refractivity contribution in [3.8, 4) is 0 Å². The smallest absolute Gasteiger partial charge is 0.227 e. The zero-order valence-corrected chi connectivity index (χ0v) is 16.3. The van der Waals surface area contributed by atoms with E-state index in [2.05, 4.69) is 32.9 Å². The van der Waals surface area contributed by atoms with E-state index in [1.54, 1.807) is 12.3 Å². The van der Waals surface area contributed by atoms with Gasteiger partial charge < -0.3 is 16.0 Å². The van der Waals surface area contributed by atoms with Gasteiger partial charge in [-0.1, -0.05) is 13.0 Å². The number of carbonyl (C=O) groups is 1. The number of guanidine groups is 1. The van der Waals surface area contributed by atoms with Crippen LogP contribution in [-0.4, -0.2) is 36.0 Å². The summed E-state index contributed by atoms with van der Waals surface area (Å²) in [5, 5.41) is 9.34. The summed E-state index contributed by atoms with van der Waals surface area (Å²) in [6, 6.07) is 4.24. The SMILES string of the molecule is CCNC(=NCCC(=O)Nc1ccc(C)cn1)NC1CC1C.I. The summed E-state index contributed by atoms with van der Waals surface area (Å²) >= 11 is 0. The van der Waals surface area contributed by atoms with Crippen molar-refractivity contribution in [2.45, 2.75) is 39.7 Å². The average Bonchev–Trinajstić information content (AvgIpc) is 3.17. The number of carbonyl (C=O) groups excluding carboxylic acids is 1. The third-order valence-electron chi connectivity index (χ3n) is 3.56. The molecule has 3 N–H and O–H groups in total. The molecule has 128 valence electrons. The molecule has 2 atom stereocenters. The third-order valence-corrected chi connectivity index (χ3v) is 3.56. The van der Waals surface area contributed by atoms with Crippen molar-refractivity contribution in [2.75, 3.05) is 18.4 Å². The van der Waals surface area contributed by atoms with Crippen LogP contribution in [0.25, 0.3) is 0 Å². The Labute approximate surface area is 155 Å². The summed E-state index contributed by atoms with van der Waals surface area (Å²) < 4.78 is 0. The second-order valence-electron chi connectivity index (χ2n) is 5.74. The number of rotatable bonds is 6. The van der Waals surface area contributed by atoms with Crippen molar-refractivity contribution >= 4 is 41.7 Å². The van der Waals surface area contributed by atoms with Crippen LogP contribution in [-0.2, 0) is 4.79 Å². The zero-order valence-electron chi connectivity index (χ0n) is 13.9. The van der Waals surface area contributed by atoms with E-state index in [9.17, 15) is 4.79 Å². The highest BCUT2D eigenvalue weighted by Gasteiger charge is 2.33. The summed E-state index contributed by atoms with van der Waals surface area (Å²) in [5.74, 6) is 2.00. The number of hydrogen-bond acceptors (Lipinski definition) is 3. The molecular weight excluding hydrogens is 405 g/mol. The van der Waals surface area contributed by atoms with Gasteiger partial charge in [0.2, 0.25) is 5.91 Å². The summed E-state index contributed by atoms with van der Waals surface area (Å²) in [4.78, 5) is 20.5. The first-order valence-electron chi connectivity index (χ1n) is 7.86. The van der Waals surface area contributed by atoms with Crippen LogP contribution in [0.4, 0.5) is 5.82 Å². The Morgan fingerprint density at radius 1 is 1.43 bits per heavy atom. The van der Waals surface area contributed by atoms with Crippen LogP contribution in [0.3, 0.4) is 0 Å². The Hall–Kier alpha value is -1.38. The molecule has 0 spiro atoms. The minimum Gasteiger partial charge on any atom is -0.357 e. The number of nitrogens with one attached hydrogen (secondary N) is 3. The van der Waals surface area contributed by atoms with Gasteiger partial charge in [-0.3, -0.25) is 9.79 Å². The maximum atomic E-state index is 11.9. The number of aromatic nitrogens is 1. The fourth-order valence-electron chi connectivity index (χ4n) is 2.04. The molecule has 2 rings (SSSR count). The van der Waals surface area contributed by atoms with Gasteiger partial charge >= 0.3 is 0 Å². The molecule has 1 aliphatic carbocycles. The van der Waals surface area contributed by atoms with Crippen molar-refractivity contribution in [2.24, 2.45) is 10.9 Å². The fraction of sp³-hybridized carbons (Fsp3) is 0.562. The quantitative estimate of drug-likeness (QED) is 0.367. The standard InChI is InChI=1S/C16H25N5O.HI/c1-4-17-16(20-13-9-12(13)3)18-8-7-15(22)21-14-6-5-11(2)10-19-14;/h5-6,10,12-13H,4,7-9H2,1-3H3,(H2,17,18,20)(H,19,21,22);1H. The predicted molar refractivity (Wildman–Crippen MR) is 104 cm³/mol. The number of aliphatic imine (C=N–C) groups is 1. The molecule has 0 aromatic carbocycles. The Kier molecular flexibility index (Phi) is 8.29. The number of amides is 1. The van der Waals surface area contributed by atoms with Gasteiger partial charge in [-0.25, -0.2) is 4.98 Å². The van der Waals surface area contributed by atoms with Crippen molar-refractivity contribution in [1.29, 1.82) is 0 Å². The molecule has 1 saturated carbocycles. The second kappa shape index (κ2) is 9.69. The Morgan fingerprint density at radius 3 is 2.74 bits per heavy atom. The minimum atomic E-state index is -0.0734.